The highest BCUT2D eigenvalue weighted by Crippen LogP contribution is 2.27. The molecule has 5 heteroatoms. The summed E-state index contributed by atoms with van der Waals surface area (Å²) < 4.78 is 5.90. The zero-order chi connectivity index (χ0) is 11.4. The Balaban J connectivity index is 3.15. The van der Waals surface area contributed by atoms with Gasteiger partial charge < -0.3 is 15.8 Å². The molecule has 3 N–H and O–H groups in total. The van der Waals surface area contributed by atoms with Crippen molar-refractivity contribution in [1.29, 1.82) is 0 Å². The first-order chi connectivity index (χ1) is 7.10. The first-order valence-corrected chi connectivity index (χ1v) is 5.19. The van der Waals surface area contributed by atoms with Crippen molar-refractivity contribution in [2.45, 2.75) is 6.04 Å². The van der Waals surface area contributed by atoms with E-state index in [0.717, 1.165) is 10.0 Å². The van der Waals surface area contributed by atoms with E-state index in [2.05, 4.69) is 21.2 Å². The van der Waals surface area contributed by atoms with E-state index in [1.165, 1.54) is 0 Å². The lowest BCUT2D eigenvalue weighted by molar-refractivity contribution is -0.120. The van der Waals surface area contributed by atoms with E-state index in [4.69, 9.17) is 10.5 Å². The molecule has 1 amide bonds. The van der Waals surface area contributed by atoms with Crippen LogP contribution in [0.1, 0.15) is 11.6 Å². The van der Waals surface area contributed by atoms with Crippen molar-refractivity contribution in [2.24, 2.45) is 5.73 Å². The highest BCUT2D eigenvalue weighted by Gasteiger charge is 2.18. The number of hydrogen-bond acceptors (Lipinski definition) is 3. The third kappa shape index (κ3) is 2.70. The van der Waals surface area contributed by atoms with Crippen LogP contribution in [-0.2, 0) is 4.79 Å². The summed E-state index contributed by atoms with van der Waals surface area (Å²) in [6.45, 7) is 0. The SMILES string of the molecule is CN[C@@H](C(N)=O)c1cc(OC)ccc1Br. The van der Waals surface area contributed by atoms with Crippen molar-refractivity contribution < 1.29 is 9.53 Å². The first kappa shape index (κ1) is 12.0. The molecule has 82 valence electrons. The van der Waals surface area contributed by atoms with Gasteiger partial charge in [0.1, 0.15) is 11.8 Å². The van der Waals surface area contributed by atoms with E-state index < -0.39 is 11.9 Å². The molecular weight excluding hydrogens is 260 g/mol. The third-order valence-corrected chi connectivity index (χ3v) is 2.81. The minimum Gasteiger partial charge on any atom is -0.497 e. The quantitative estimate of drug-likeness (QED) is 0.866. The Morgan fingerprint density at radius 3 is 2.73 bits per heavy atom. The monoisotopic (exact) mass is 272 g/mol. The molecule has 0 spiro atoms. The zero-order valence-corrected chi connectivity index (χ0v) is 10.2. The molecule has 0 aromatic heterocycles. The van der Waals surface area contributed by atoms with Crippen LogP contribution in [0.2, 0.25) is 0 Å². The number of nitrogens with one attached hydrogen (secondary N) is 1. The molecule has 0 heterocycles. The van der Waals surface area contributed by atoms with Gasteiger partial charge in [-0.15, -0.1) is 0 Å². The molecule has 0 aliphatic carbocycles. The molecule has 15 heavy (non-hydrogen) atoms. The largest absolute Gasteiger partial charge is 0.497 e. The van der Waals surface area contributed by atoms with Crippen LogP contribution >= 0.6 is 15.9 Å². The predicted molar refractivity (Wildman–Crippen MR) is 61.7 cm³/mol. The van der Waals surface area contributed by atoms with Crippen molar-refractivity contribution in [3.63, 3.8) is 0 Å². The number of nitrogens with two attached hydrogens (primary N) is 1. The lowest BCUT2D eigenvalue weighted by Gasteiger charge is -2.15. The number of hydrogen-bond donors (Lipinski definition) is 2. The smallest absolute Gasteiger partial charge is 0.239 e. The van der Waals surface area contributed by atoms with Crippen molar-refractivity contribution >= 4 is 21.8 Å². The second kappa shape index (κ2) is 5.14. The zero-order valence-electron chi connectivity index (χ0n) is 8.58. The summed E-state index contributed by atoms with van der Waals surface area (Å²) in [7, 11) is 3.26. The molecule has 0 bridgehead atoms. The summed E-state index contributed by atoms with van der Waals surface area (Å²) in [5, 5.41) is 2.85. The predicted octanol–water partition coefficient (Wildman–Crippen LogP) is 1.20. The fourth-order valence-corrected chi connectivity index (χ4v) is 1.80. The van der Waals surface area contributed by atoms with E-state index in [0.29, 0.717) is 5.75 Å². The highest BCUT2D eigenvalue weighted by atomic mass is 79.9. The average molecular weight is 273 g/mol. The molecule has 0 fully saturated rings. The summed E-state index contributed by atoms with van der Waals surface area (Å²) in [6.07, 6.45) is 0. The number of benzene rings is 1. The normalized spacial score (nSPS) is 12.2. The average Bonchev–Trinajstić information content (AvgIpc) is 2.21. The molecule has 0 saturated heterocycles. The minimum atomic E-state index is -0.519. The van der Waals surface area contributed by atoms with Gasteiger partial charge >= 0.3 is 0 Å². The fourth-order valence-electron chi connectivity index (χ4n) is 1.32. The lowest BCUT2D eigenvalue weighted by Crippen LogP contribution is -2.31. The number of rotatable bonds is 4. The van der Waals surface area contributed by atoms with Gasteiger partial charge in [0.15, 0.2) is 0 Å². The Hall–Kier alpha value is -1.07. The summed E-state index contributed by atoms with van der Waals surface area (Å²) in [6, 6.07) is 4.88. The van der Waals surface area contributed by atoms with Crippen LogP contribution in [0.25, 0.3) is 0 Å². The van der Waals surface area contributed by atoms with Gasteiger partial charge in [-0.25, -0.2) is 0 Å². The van der Waals surface area contributed by atoms with Crippen molar-refractivity contribution in [3.8, 4) is 5.75 Å². The molecule has 0 unspecified atom stereocenters. The van der Waals surface area contributed by atoms with Gasteiger partial charge in [-0.1, -0.05) is 15.9 Å². The maximum absolute atomic E-state index is 11.2. The Bertz CT molecular complexity index is 368. The summed E-state index contributed by atoms with van der Waals surface area (Å²) in [5.41, 5.74) is 6.04. The number of primary amides is 1. The molecule has 0 radical (unpaired) electrons. The molecule has 0 aliphatic rings. The molecule has 4 nitrogen and oxygen atoms in total. The molecular formula is C10H13BrN2O2. The number of methoxy groups -OCH3 is 1. The third-order valence-electron chi connectivity index (χ3n) is 2.09. The highest BCUT2D eigenvalue weighted by molar-refractivity contribution is 9.10. The fraction of sp³-hybridized carbons (Fsp3) is 0.300. The molecule has 0 aliphatic heterocycles. The van der Waals surface area contributed by atoms with Gasteiger partial charge in [0.05, 0.1) is 7.11 Å². The number of likely N-dealkylation sites (N-methyl/N-ethyl adjacent to an activating group) is 1. The van der Waals surface area contributed by atoms with Crippen LogP contribution < -0.4 is 15.8 Å². The molecule has 0 saturated carbocycles. The van der Waals surface area contributed by atoms with Gasteiger partial charge in [0.2, 0.25) is 5.91 Å². The number of ether oxygens (including phenoxy) is 1. The number of carbonyl (C=O) groups is 1. The Kier molecular flexibility index (Phi) is 4.11. The van der Waals surface area contributed by atoms with Gasteiger partial charge in [0.25, 0.3) is 0 Å². The lowest BCUT2D eigenvalue weighted by atomic mass is 10.1. The van der Waals surface area contributed by atoms with E-state index in [1.54, 1.807) is 26.3 Å². The van der Waals surface area contributed by atoms with E-state index in [-0.39, 0.29) is 0 Å². The van der Waals surface area contributed by atoms with E-state index in [1.807, 2.05) is 6.07 Å². The summed E-state index contributed by atoms with van der Waals surface area (Å²) in [4.78, 5) is 11.2. The number of halogens is 1. The Morgan fingerprint density at radius 1 is 1.60 bits per heavy atom. The van der Waals surface area contributed by atoms with Gasteiger partial charge in [-0.05, 0) is 30.8 Å². The van der Waals surface area contributed by atoms with Crippen LogP contribution in [0.5, 0.6) is 5.75 Å². The summed E-state index contributed by atoms with van der Waals surface area (Å²) in [5.74, 6) is 0.265. The van der Waals surface area contributed by atoms with Crippen LogP contribution in [0.4, 0.5) is 0 Å². The molecule has 1 aromatic carbocycles. The molecule has 1 atom stereocenters. The van der Waals surface area contributed by atoms with Gasteiger partial charge in [0, 0.05) is 4.47 Å². The minimum absolute atomic E-state index is 0.425. The van der Waals surface area contributed by atoms with E-state index >= 15 is 0 Å². The van der Waals surface area contributed by atoms with Crippen LogP contribution in [0, 0.1) is 0 Å². The second-order valence-corrected chi connectivity index (χ2v) is 3.87. The Labute approximate surface area is 96.9 Å². The Morgan fingerprint density at radius 2 is 2.27 bits per heavy atom. The van der Waals surface area contributed by atoms with E-state index in [9.17, 15) is 4.79 Å². The number of carbonyl (C=O) groups excluding carboxylic acids is 1. The topological polar surface area (TPSA) is 64.3 Å². The van der Waals surface area contributed by atoms with Crippen LogP contribution in [0.15, 0.2) is 22.7 Å². The maximum atomic E-state index is 11.2. The number of amides is 1. The van der Waals surface area contributed by atoms with Gasteiger partial charge in [-0.3, -0.25) is 4.79 Å². The summed E-state index contributed by atoms with van der Waals surface area (Å²) >= 11 is 3.37. The second-order valence-electron chi connectivity index (χ2n) is 3.01. The van der Waals surface area contributed by atoms with Crippen molar-refractivity contribution in [3.05, 3.63) is 28.2 Å². The maximum Gasteiger partial charge on any atom is 0.239 e. The van der Waals surface area contributed by atoms with Crippen molar-refractivity contribution in [2.75, 3.05) is 14.2 Å². The standard InChI is InChI=1S/C10H13BrN2O2/c1-13-9(10(12)14)7-5-6(15-2)3-4-8(7)11/h3-5,9,13H,1-2H3,(H2,12,14)/t9-/m1/s1. The van der Waals surface area contributed by atoms with Gasteiger partial charge in [-0.2, -0.15) is 0 Å². The van der Waals surface area contributed by atoms with Crippen LogP contribution in [-0.4, -0.2) is 20.1 Å². The van der Waals surface area contributed by atoms with Crippen LogP contribution in [0.3, 0.4) is 0 Å². The first-order valence-electron chi connectivity index (χ1n) is 4.40. The molecule has 1 aromatic rings. The van der Waals surface area contributed by atoms with Crippen molar-refractivity contribution in [1.82, 2.24) is 5.32 Å². The molecule has 1 rings (SSSR count).